The molecule has 0 amide bonds. The van der Waals surface area contributed by atoms with Crippen LogP contribution in [0, 0.1) is 10.8 Å². The fraction of sp³-hybridized carbons (Fsp3) is 0.524. The number of aliphatic hydroxyl groups excluding tert-OH is 2. The van der Waals surface area contributed by atoms with E-state index in [9.17, 15) is 19.8 Å². The number of unbranched alkanes of at least 4 members (excludes halogenated alkanes) is 1. The maximum atomic E-state index is 13.4. The number of methoxy groups -OCH3 is 4. The van der Waals surface area contributed by atoms with E-state index < -0.39 is 0 Å². The number of nitrogens with zero attached hydrogens (tertiary/aromatic N) is 2. The van der Waals surface area contributed by atoms with Crippen LogP contribution in [0.1, 0.15) is 90.2 Å². The number of ketones is 2. The Kier molecular flexibility index (Phi) is 13.7. The molecule has 0 heterocycles. The Morgan fingerprint density at radius 3 is 1.29 bits per heavy atom. The Bertz CT molecular complexity index is 1620. The van der Waals surface area contributed by atoms with Crippen molar-refractivity contribution in [2.24, 2.45) is 20.8 Å². The van der Waals surface area contributed by atoms with Crippen molar-refractivity contribution in [3.8, 4) is 23.0 Å². The Labute approximate surface area is 308 Å². The van der Waals surface area contributed by atoms with Gasteiger partial charge in [0.2, 0.25) is 0 Å². The summed E-state index contributed by atoms with van der Waals surface area (Å²) in [6, 6.07) is 11.5. The van der Waals surface area contributed by atoms with Gasteiger partial charge in [0.05, 0.1) is 39.6 Å². The second-order valence-corrected chi connectivity index (χ2v) is 15.3. The molecule has 0 aromatic heterocycles. The van der Waals surface area contributed by atoms with Crippen molar-refractivity contribution in [3.63, 3.8) is 0 Å². The van der Waals surface area contributed by atoms with E-state index in [0.29, 0.717) is 123 Å². The molecule has 52 heavy (non-hydrogen) atoms. The van der Waals surface area contributed by atoms with Crippen molar-refractivity contribution in [2.75, 3.05) is 41.5 Å². The van der Waals surface area contributed by atoms with E-state index >= 15 is 0 Å². The zero-order valence-corrected chi connectivity index (χ0v) is 32.2. The van der Waals surface area contributed by atoms with Gasteiger partial charge < -0.3 is 29.2 Å². The van der Waals surface area contributed by atoms with Crippen LogP contribution in [0.5, 0.6) is 23.0 Å². The zero-order valence-electron chi connectivity index (χ0n) is 32.2. The van der Waals surface area contributed by atoms with Crippen molar-refractivity contribution in [1.29, 1.82) is 0 Å². The lowest BCUT2D eigenvalue weighted by Crippen LogP contribution is -2.30. The van der Waals surface area contributed by atoms with Crippen molar-refractivity contribution < 1.29 is 38.7 Å². The topological polar surface area (TPSA) is 136 Å². The number of aliphatic imine (C=N–C) groups is 2. The number of Topliss-reactive ketones (excluding diaryl/α,β-unsaturated/α-hetero) is 2. The second kappa shape index (κ2) is 17.8. The summed E-state index contributed by atoms with van der Waals surface area (Å²) in [6.07, 6.45) is 4.95. The Morgan fingerprint density at radius 1 is 0.596 bits per heavy atom. The molecule has 10 heteroatoms. The standard InChI is InChI=1S/C42H56N2O8/c1-41(2)23-31(45)39(32(46)24-41)29(43-19-17-27-13-15-35(49-5)37(21-27)51-7)11-9-10-12-30(40-33(47)25-42(3,4)26-34(40)48)44-20-18-28-14-16-36(50-6)38(22-28)52-8/h13-16,21-22,45,47H,9-12,17-20,23-26H2,1-8H3. The first-order valence-corrected chi connectivity index (χ1v) is 18.1. The normalized spacial score (nSPS) is 17.8. The number of allylic oxidation sites excluding steroid dienone is 4. The van der Waals surface area contributed by atoms with E-state index in [1.165, 1.54) is 0 Å². The van der Waals surface area contributed by atoms with Gasteiger partial charge in [-0.25, -0.2) is 0 Å². The van der Waals surface area contributed by atoms with Gasteiger partial charge in [-0.3, -0.25) is 19.6 Å². The summed E-state index contributed by atoms with van der Waals surface area (Å²) in [6.45, 7) is 8.77. The number of benzene rings is 2. The lowest BCUT2D eigenvalue weighted by atomic mass is 9.75. The number of carbonyl (C=O) groups is 2. The SMILES string of the molecule is COc1ccc(CCN=C(CCCCC(=NCCc2ccc(OC)c(OC)c2)C2=C(O)CC(C)(C)CC2=O)C2=C(O)CC(C)(C)CC2=O)cc1OC. The molecule has 2 aromatic carbocycles. The van der Waals surface area contributed by atoms with Crippen LogP contribution in [-0.2, 0) is 22.4 Å². The highest BCUT2D eigenvalue weighted by Gasteiger charge is 2.36. The summed E-state index contributed by atoms with van der Waals surface area (Å²) in [7, 11) is 6.39. The lowest BCUT2D eigenvalue weighted by molar-refractivity contribution is -0.118. The molecular formula is C42H56N2O8. The third kappa shape index (κ3) is 10.5. The number of carbonyl (C=O) groups excluding carboxylic acids is 2. The van der Waals surface area contributed by atoms with E-state index in [1.54, 1.807) is 28.4 Å². The first-order chi connectivity index (χ1) is 24.7. The van der Waals surface area contributed by atoms with Gasteiger partial charge in [-0.1, -0.05) is 39.8 Å². The summed E-state index contributed by atoms with van der Waals surface area (Å²) in [5.41, 5.74) is 3.24. The van der Waals surface area contributed by atoms with E-state index in [0.717, 1.165) is 11.1 Å². The second-order valence-electron chi connectivity index (χ2n) is 15.3. The van der Waals surface area contributed by atoms with Gasteiger partial charge in [-0.05, 0) is 84.7 Å². The van der Waals surface area contributed by atoms with Gasteiger partial charge in [-0.2, -0.15) is 0 Å². The predicted molar refractivity (Wildman–Crippen MR) is 205 cm³/mol. The van der Waals surface area contributed by atoms with Crippen LogP contribution >= 0.6 is 0 Å². The van der Waals surface area contributed by atoms with E-state index in [4.69, 9.17) is 28.9 Å². The van der Waals surface area contributed by atoms with Crippen molar-refractivity contribution >= 4 is 23.0 Å². The summed E-state index contributed by atoms with van der Waals surface area (Å²) < 4.78 is 21.7. The van der Waals surface area contributed by atoms with Gasteiger partial charge >= 0.3 is 0 Å². The molecule has 10 nitrogen and oxygen atoms in total. The minimum atomic E-state index is -0.325. The van der Waals surface area contributed by atoms with Crippen LogP contribution in [0.3, 0.4) is 0 Å². The minimum Gasteiger partial charge on any atom is -0.511 e. The molecule has 2 aliphatic carbocycles. The van der Waals surface area contributed by atoms with Crippen molar-refractivity contribution in [1.82, 2.24) is 0 Å². The van der Waals surface area contributed by atoms with E-state index in [-0.39, 0.29) is 33.9 Å². The van der Waals surface area contributed by atoms with Gasteiger partial charge in [-0.15, -0.1) is 0 Å². The average molecular weight is 717 g/mol. The molecule has 2 aliphatic rings. The third-order valence-corrected chi connectivity index (χ3v) is 9.66. The van der Waals surface area contributed by atoms with E-state index in [1.807, 2.05) is 64.1 Å². The first-order valence-electron chi connectivity index (χ1n) is 18.1. The lowest BCUT2D eigenvalue weighted by Gasteiger charge is -2.30. The summed E-state index contributed by atoms with van der Waals surface area (Å²) >= 11 is 0. The smallest absolute Gasteiger partial charge is 0.168 e. The fourth-order valence-corrected chi connectivity index (χ4v) is 7.09. The Hall–Kier alpha value is -4.60. The Balaban J connectivity index is 1.54. The molecule has 282 valence electrons. The maximum Gasteiger partial charge on any atom is 0.168 e. The molecule has 0 unspecified atom stereocenters. The minimum absolute atomic E-state index is 0.0917. The number of hydrogen-bond donors (Lipinski definition) is 2. The molecular weight excluding hydrogens is 660 g/mol. The molecule has 0 aliphatic heterocycles. The van der Waals surface area contributed by atoms with Crippen LogP contribution in [0.25, 0.3) is 0 Å². The molecule has 0 radical (unpaired) electrons. The number of hydrogen-bond acceptors (Lipinski definition) is 10. The third-order valence-electron chi connectivity index (χ3n) is 9.66. The van der Waals surface area contributed by atoms with Crippen LogP contribution in [-0.4, -0.2) is 74.7 Å². The fourth-order valence-electron chi connectivity index (χ4n) is 7.09. The summed E-state index contributed by atoms with van der Waals surface area (Å²) in [5, 5.41) is 22.2. The summed E-state index contributed by atoms with van der Waals surface area (Å²) in [4.78, 5) is 36.6. The van der Waals surface area contributed by atoms with Crippen molar-refractivity contribution in [3.05, 3.63) is 70.2 Å². The van der Waals surface area contributed by atoms with Crippen LogP contribution in [0.2, 0.25) is 0 Å². The monoisotopic (exact) mass is 716 g/mol. The predicted octanol–water partition coefficient (Wildman–Crippen LogP) is 8.35. The van der Waals surface area contributed by atoms with Gasteiger partial charge in [0.1, 0.15) is 11.5 Å². The average Bonchev–Trinajstić information content (AvgIpc) is 3.07. The first kappa shape index (κ1) is 40.2. The molecule has 2 aromatic rings. The van der Waals surface area contributed by atoms with Gasteiger partial charge in [0.15, 0.2) is 34.6 Å². The molecule has 0 saturated carbocycles. The molecule has 0 saturated heterocycles. The molecule has 0 fully saturated rings. The molecule has 0 bridgehead atoms. The van der Waals surface area contributed by atoms with Crippen molar-refractivity contribution in [2.45, 2.75) is 91.9 Å². The zero-order chi connectivity index (χ0) is 38.1. The van der Waals surface area contributed by atoms with Gasteiger partial charge in [0, 0.05) is 50.2 Å². The van der Waals surface area contributed by atoms with Crippen LogP contribution < -0.4 is 18.9 Å². The molecule has 0 spiro atoms. The largest absolute Gasteiger partial charge is 0.511 e. The maximum absolute atomic E-state index is 13.4. The quantitative estimate of drug-likeness (QED) is 0.123. The number of ether oxygens (including phenoxy) is 4. The highest BCUT2D eigenvalue weighted by atomic mass is 16.5. The molecule has 2 N–H and O–H groups in total. The number of aliphatic hydroxyl groups is 2. The van der Waals surface area contributed by atoms with Crippen LogP contribution in [0.15, 0.2) is 69.0 Å². The van der Waals surface area contributed by atoms with Gasteiger partial charge in [0.25, 0.3) is 0 Å². The number of rotatable bonds is 17. The van der Waals surface area contributed by atoms with E-state index in [2.05, 4.69) is 0 Å². The molecule has 4 rings (SSSR count). The highest BCUT2D eigenvalue weighted by molar-refractivity contribution is 6.24. The summed E-state index contributed by atoms with van der Waals surface area (Å²) in [5.74, 6) is 2.55. The van der Waals surface area contributed by atoms with Crippen LogP contribution in [0.4, 0.5) is 0 Å². The highest BCUT2D eigenvalue weighted by Crippen LogP contribution is 2.38. The Morgan fingerprint density at radius 2 is 0.962 bits per heavy atom. The molecule has 0 atom stereocenters.